The number of carbonyl (C=O) groups is 1. The van der Waals surface area contributed by atoms with E-state index in [9.17, 15) is 9.18 Å². The number of carbonyl (C=O) groups excluding carboxylic acids is 1. The summed E-state index contributed by atoms with van der Waals surface area (Å²) in [6.45, 7) is 1.82. The fourth-order valence-corrected chi connectivity index (χ4v) is 2.15. The highest BCUT2D eigenvalue weighted by atomic mass is 32.1. The van der Waals surface area contributed by atoms with Gasteiger partial charge in [0.1, 0.15) is 5.82 Å². The third-order valence-corrected chi connectivity index (χ3v) is 3.45. The number of benzene rings is 2. The Bertz CT molecular complexity index is 601. The molecule has 0 saturated carbocycles. The molecule has 0 aliphatic heterocycles. The van der Waals surface area contributed by atoms with Crippen molar-refractivity contribution in [2.45, 2.75) is 18.6 Å². The van der Waals surface area contributed by atoms with Crippen LogP contribution in [-0.4, -0.2) is 11.2 Å². The average Bonchev–Trinajstić information content (AvgIpc) is 2.44. The fraction of sp³-hybridized carbons (Fsp3) is 0.188. The van der Waals surface area contributed by atoms with Crippen LogP contribution in [0.5, 0.6) is 0 Å². The van der Waals surface area contributed by atoms with E-state index >= 15 is 0 Å². The van der Waals surface area contributed by atoms with Crippen molar-refractivity contribution in [2.75, 3.05) is 5.32 Å². The van der Waals surface area contributed by atoms with Crippen molar-refractivity contribution >= 4 is 24.2 Å². The molecule has 2 aromatic rings. The predicted molar refractivity (Wildman–Crippen MR) is 82.7 cm³/mol. The highest BCUT2D eigenvalue weighted by molar-refractivity contribution is 7.81. The first-order valence-corrected chi connectivity index (χ1v) is 6.87. The summed E-state index contributed by atoms with van der Waals surface area (Å²) in [4.78, 5) is 12.1. The van der Waals surface area contributed by atoms with Crippen LogP contribution in [0.15, 0.2) is 48.5 Å². The van der Waals surface area contributed by atoms with Crippen LogP contribution in [0.4, 0.5) is 10.1 Å². The maximum atomic E-state index is 13.2. The van der Waals surface area contributed by atoms with Crippen LogP contribution in [0.3, 0.4) is 0 Å². The zero-order chi connectivity index (χ0) is 14.5. The van der Waals surface area contributed by atoms with E-state index in [1.54, 1.807) is 6.07 Å². The monoisotopic (exact) mass is 289 g/mol. The van der Waals surface area contributed by atoms with Crippen molar-refractivity contribution in [1.29, 1.82) is 0 Å². The van der Waals surface area contributed by atoms with Crippen molar-refractivity contribution in [3.63, 3.8) is 0 Å². The number of nitrogens with one attached hydrogen (secondary N) is 1. The van der Waals surface area contributed by atoms with Crippen LogP contribution in [0, 0.1) is 12.7 Å². The molecule has 1 atom stereocenters. The number of aryl methyl sites for hydroxylation is 1. The maximum Gasteiger partial charge on any atom is 0.237 e. The molecule has 2 rings (SSSR count). The van der Waals surface area contributed by atoms with Gasteiger partial charge in [-0.2, -0.15) is 12.6 Å². The van der Waals surface area contributed by atoms with Gasteiger partial charge >= 0.3 is 0 Å². The number of rotatable bonds is 4. The summed E-state index contributed by atoms with van der Waals surface area (Å²) in [5, 5.41) is 2.24. The maximum absolute atomic E-state index is 13.2. The highest BCUT2D eigenvalue weighted by Gasteiger charge is 2.15. The van der Waals surface area contributed by atoms with Gasteiger partial charge in [-0.05, 0) is 36.6 Å². The van der Waals surface area contributed by atoms with Gasteiger partial charge in [0, 0.05) is 5.69 Å². The Labute approximate surface area is 123 Å². The summed E-state index contributed by atoms with van der Waals surface area (Å²) >= 11 is 4.32. The Morgan fingerprint density at radius 2 is 1.95 bits per heavy atom. The van der Waals surface area contributed by atoms with Crippen molar-refractivity contribution < 1.29 is 9.18 Å². The number of anilines is 1. The predicted octanol–water partition coefficient (Wildman–Crippen LogP) is 3.61. The SMILES string of the molecule is Cc1ccc(F)cc1NC(=O)C(S)Cc1ccccc1. The molecule has 0 heterocycles. The summed E-state index contributed by atoms with van der Waals surface area (Å²) in [6, 6.07) is 14.0. The molecule has 0 fully saturated rings. The molecule has 0 aliphatic carbocycles. The highest BCUT2D eigenvalue weighted by Crippen LogP contribution is 2.17. The molecule has 2 aromatic carbocycles. The van der Waals surface area contributed by atoms with Crippen molar-refractivity contribution in [3.05, 3.63) is 65.5 Å². The van der Waals surface area contributed by atoms with Crippen LogP contribution >= 0.6 is 12.6 Å². The third-order valence-electron chi connectivity index (χ3n) is 3.03. The molecule has 2 nitrogen and oxygen atoms in total. The molecule has 0 bridgehead atoms. The average molecular weight is 289 g/mol. The minimum atomic E-state index is -0.472. The van der Waals surface area contributed by atoms with E-state index in [2.05, 4.69) is 17.9 Å². The molecule has 1 amide bonds. The second-order valence-corrected chi connectivity index (χ2v) is 5.28. The molecule has 4 heteroatoms. The normalized spacial score (nSPS) is 11.9. The summed E-state index contributed by atoms with van der Waals surface area (Å²) in [5.74, 6) is -0.601. The van der Waals surface area contributed by atoms with E-state index in [4.69, 9.17) is 0 Å². The molecule has 0 aliphatic rings. The first-order chi connectivity index (χ1) is 9.56. The van der Waals surface area contributed by atoms with Gasteiger partial charge in [0.2, 0.25) is 5.91 Å². The zero-order valence-electron chi connectivity index (χ0n) is 11.1. The smallest absolute Gasteiger partial charge is 0.237 e. The molecule has 1 unspecified atom stereocenters. The van der Waals surface area contributed by atoms with Gasteiger partial charge in [-0.3, -0.25) is 4.79 Å². The van der Waals surface area contributed by atoms with Crippen LogP contribution in [0.25, 0.3) is 0 Å². The quantitative estimate of drug-likeness (QED) is 0.827. The van der Waals surface area contributed by atoms with Crippen molar-refractivity contribution in [2.24, 2.45) is 0 Å². The molecule has 1 N–H and O–H groups in total. The lowest BCUT2D eigenvalue weighted by molar-refractivity contribution is -0.115. The van der Waals surface area contributed by atoms with Crippen LogP contribution < -0.4 is 5.32 Å². The summed E-state index contributed by atoms with van der Waals surface area (Å²) in [7, 11) is 0. The Hall–Kier alpha value is -1.81. The Kier molecular flexibility index (Phi) is 4.79. The lowest BCUT2D eigenvalue weighted by Gasteiger charge is -2.13. The molecule has 104 valence electrons. The first kappa shape index (κ1) is 14.6. The number of halogens is 1. The van der Waals surface area contributed by atoms with Crippen molar-refractivity contribution in [3.8, 4) is 0 Å². The summed E-state index contributed by atoms with van der Waals surface area (Å²) in [6.07, 6.45) is 0.532. The van der Waals surface area contributed by atoms with E-state index < -0.39 is 5.25 Å². The van der Waals surface area contributed by atoms with E-state index in [0.29, 0.717) is 12.1 Å². The Morgan fingerprint density at radius 1 is 1.25 bits per heavy atom. The minimum Gasteiger partial charge on any atom is -0.325 e. The first-order valence-electron chi connectivity index (χ1n) is 6.35. The lowest BCUT2D eigenvalue weighted by Crippen LogP contribution is -2.25. The molecular formula is C16H16FNOS. The second kappa shape index (κ2) is 6.57. The van der Waals surface area contributed by atoms with Gasteiger partial charge in [-0.1, -0.05) is 36.4 Å². The summed E-state index contributed by atoms with van der Waals surface area (Å²) in [5.41, 5.74) is 2.35. The largest absolute Gasteiger partial charge is 0.325 e. The third kappa shape index (κ3) is 3.84. The zero-order valence-corrected chi connectivity index (χ0v) is 12.0. The van der Waals surface area contributed by atoms with Crippen LogP contribution in [-0.2, 0) is 11.2 Å². The van der Waals surface area contributed by atoms with E-state index in [1.165, 1.54) is 12.1 Å². The fourth-order valence-electron chi connectivity index (χ4n) is 1.87. The van der Waals surface area contributed by atoms with Gasteiger partial charge in [-0.25, -0.2) is 4.39 Å². The van der Waals surface area contributed by atoms with Gasteiger partial charge in [0.25, 0.3) is 0 Å². The number of hydrogen-bond acceptors (Lipinski definition) is 2. The van der Waals surface area contributed by atoms with Crippen LogP contribution in [0.1, 0.15) is 11.1 Å². The van der Waals surface area contributed by atoms with Crippen molar-refractivity contribution in [1.82, 2.24) is 0 Å². The van der Waals surface area contributed by atoms with Crippen LogP contribution in [0.2, 0.25) is 0 Å². The number of amides is 1. The molecule has 20 heavy (non-hydrogen) atoms. The van der Waals surface area contributed by atoms with E-state index in [-0.39, 0.29) is 11.7 Å². The number of hydrogen-bond donors (Lipinski definition) is 2. The Balaban J connectivity index is 2.02. The minimum absolute atomic E-state index is 0.231. The summed E-state index contributed by atoms with van der Waals surface area (Å²) < 4.78 is 13.2. The molecule has 0 saturated heterocycles. The standard InChI is InChI=1S/C16H16FNOS/c1-11-7-8-13(17)10-14(11)18-16(19)15(20)9-12-5-3-2-4-6-12/h2-8,10,15,20H,9H2,1H3,(H,18,19). The van der Waals surface area contributed by atoms with Gasteiger partial charge in [-0.15, -0.1) is 0 Å². The van der Waals surface area contributed by atoms with E-state index in [1.807, 2.05) is 37.3 Å². The molecule has 0 spiro atoms. The second-order valence-electron chi connectivity index (χ2n) is 4.65. The Morgan fingerprint density at radius 3 is 2.65 bits per heavy atom. The lowest BCUT2D eigenvalue weighted by atomic mass is 10.1. The molecule has 0 radical (unpaired) electrons. The van der Waals surface area contributed by atoms with Gasteiger partial charge in [0.05, 0.1) is 5.25 Å². The molecule has 0 aromatic heterocycles. The van der Waals surface area contributed by atoms with Gasteiger partial charge < -0.3 is 5.32 Å². The van der Waals surface area contributed by atoms with E-state index in [0.717, 1.165) is 11.1 Å². The van der Waals surface area contributed by atoms with Gasteiger partial charge in [0.15, 0.2) is 0 Å². The molecular weight excluding hydrogens is 273 g/mol. The topological polar surface area (TPSA) is 29.1 Å². The number of thiol groups is 1.